The molecule has 1 amide bonds. The molecule has 0 saturated carbocycles. The normalized spacial score (nSPS) is 11.1. The molecular formula is C13H20N2O4S. The lowest BCUT2D eigenvalue weighted by molar-refractivity contribution is -0.120. The first-order chi connectivity index (χ1) is 9.48. The molecule has 0 aliphatic heterocycles. The Morgan fingerprint density at radius 1 is 1.30 bits per heavy atom. The number of carbonyl (C=O) groups excluding carboxylic acids is 1. The summed E-state index contributed by atoms with van der Waals surface area (Å²) < 4.78 is 30.2. The second-order valence-electron chi connectivity index (χ2n) is 4.23. The van der Waals surface area contributed by atoms with E-state index in [0.717, 1.165) is 5.56 Å². The van der Waals surface area contributed by atoms with Crippen molar-refractivity contribution in [3.8, 4) is 5.75 Å². The van der Waals surface area contributed by atoms with Crippen LogP contribution in [0.1, 0.15) is 18.9 Å². The van der Waals surface area contributed by atoms with Crippen LogP contribution in [0.5, 0.6) is 5.75 Å². The van der Waals surface area contributed by atoms with E-state index in [4.69, 9.17) is 4.74 Å². The maximum atomic E-state index is 11.6. The third-order valence-electron chi connectivity index (χ3n) is 2.59. The number of sulfonamides is 1. The van der Waals surface area contributed by atoms with Gasteiger partial charge in [-0.05, 0) is 12.5 Å². The molecule has 0 radical (unpaired) electrons. The molecule has 1 aromatic rings. The molecule has 20 heavy (non-hydrogen) atoms. The molecule has 0 heterocycles. The van der Waals surface area contributed by atoms with Gasteiger partial charge in [0.1, 0.15) is 5.75 Å². The Labute approximate surface area is 119 Å². The molecular weight excluding hydrogens is 280 g/mol. The molecule has 0 unspecified atom stereocenters. The van der Waals surface area contributed by atoms with Crippen LogP contribution in [0.15, 0.2) is 24.3 Å². The van der Waals surface area contributed by atoms with Crippen LogP contribution in [-0.2, 0) is 21.4 Å². The van der Waals surface area contributed by atoms with Gasteiger partial charge in [0, 0.05) is 12.1 Å². The zero-order chi connectivity index (χ0) is 15.0. The first-order valence-electron chi connectivity index (χ1n) is 6.34. The van der Waals surface area contributed by atoms with E-state index in [1.165, 1.54) is 0 Å². The minimum absolute atomic E-state index is 0.0206. The average Bonchev–Trinajstić information content (AvgIpc) is 2.43. The highest BCUT2D eigenvalue weighted by atomic mass is 32.2. The van der Waals surface area contributed by atoms with E-state index >= 15 is 0 Å². The number of nitrogens with one attached hydrogen (secondary N) is 2. The number of ether oxygens (including phenoxy) is 1. The van der Waals surface area contributed by atoms with Gasteiger partial charge in [-0.25, -0.2) is 13.1 Å². The smallest absolute Gasteiger partial charge is 0.235 e. The quantitative estimate of drug-likeness (QED) is 0.738. The lowest BCUT2D eigenvalue weighted by Gasteiger charge is -2.10. The van der Waals surface area contributed by atoms with Crippen LogP contribution in [0.3, 0.4) is 0 Å². The number of methoxy groups -OCH3 is 1. The van der Waals surface area contributed by atoms with Gasteiger partial charge in [0.2, 0.25) is 15.9 Å². The van der Waals surface area contributed by atoms with Crippen molar-refractivity contribution in [1.29, 1.82) is 0 Å². The molecule has 0 atom stereocenters. The molecule has 0 saturated heterocycles. The summed E-state index contributed by atoms with van der Waals surface area (Å²) >= 11 is 0. The van der Waals surface area contributed by atoms with Gasteiger partial charge in [-0.2, -0.15) is 0 Å². The monoisotopic (exact) mass is 300 g/mol. The summed E-state index contributed by atoms with van der Waals surface area (Å²) in [5, 5.41) is 2.64. The minimum atomic E-state index is -3.36. The maximum absolute atomic E-state index is 11.6. The Kier molecular flexibility index (Phi) is 6.47. The second-order valence-corrected chi connectivity index (χ2v) is 6.15. The molecule has 0 aliphatic carbocycles. The fourth-order valence-corrected chi connectivity index (χ4v) is 2.65. The average molecular weight is 300 g/mol. The van der Waals surface area contributed by atoms with Crippen LogP contribution in [0, 0.1) is 0 Å². The molecule has 2 N–H and O–H groups in total. The number of hydrogen-bond donors (Lipinski definition) is 2. The number of hydrogen-bond acceptors (Lipinski definition) is 4. The van der Waals surface area contributed by atoms with Crippen LogP contribution in [-0.4, -0.2) is 33.7 Å². The van der Waals surface area contributed by atoms with Crippen LogP contribution < -0.4 is 14.8 Å². The Balaban J connectivity index is 2.44. The second kappa shape index (κ2) is 7.86. The first kappa shape index (κ1) is 16.5. The molecule has 1 aromatic carbocycles. The molecule has 112 valence electrons. The van der Waals surface area contributed by atoms with Gasteiger partial charge in [0.15, 0.2) is 0 Å². The predicted octanol–water partition coefficient (Wildman–Crippen LogP) is 0.641. The summed E-state index contributed by atoms with van der Waals surface area (Å²) in [7, 11) is -1.80. The lowest BCUT2D eigenvalue weighted by atomic mass is 10.2. The maximum Gasteiger partial charge on any atom is 0.235 e. The third-order valence-corrected chi connectivity index (χ3v) is 4.12. The first-order valence-corrected chi connectivity index (χ1v) is 7.99. The molecule has 0 fully saturated rings. The molecule has 1 rings (SSSR count). The van der Waals surface area contributed by atoms with Crippen molar-refractivity contribution in [2.45, 2.75) is 19.9 Å². The van der Waals surface area contributed by atoms with E-state index < -0.39 is 10.0 Å². The highest BCUT2D eigenvalue weighted by Gasteiger charge is 2.11. The zero-order valence-electron chi connectivity index (χ0n) is 11.7. The van der Waals surface area contributed by atoms with E-state index in [-0.39, 0.29) is 18.2 Å². The van der Waals surface area contributed by atoms with Gasteiger partial charge < -0.3 is 10.1 Å². The van der Waals surface area contributed by atoms with Crippen molar-refractivity contribution in [2.24, 2.45) is 0 Å². The van der Waals surface area contributed by atoms with Crippen molar-refractivity contribution < 1.29 is 17.9 Å². The van der Waals surface area contributed by atoms with Crippen molar-refractivity contribution >= 4 is 15.9 Å². The van der Waals surface area contributed by atoms with Crippen LogP contribution in [0.2, 0.25) is 0 Å². The fourth-order valence-electron chi connectivity index (χ4n) is 1.62. The summed E-state index contributed by atoms with van der Waals surface area (Å²) in [6.07, 6.45) is 0.512. The van der Waals surface area contributed by atoms with Crippen LogP contribution in [0.4, 0.5) is 0 Å². The molecule has 0 bridgehead atoms. The summed E-state index contributed by atoms with van der Waals surface area (Å²) in [6, 6.07) is 7.31. The SMILES string of the molecule is CCCS(=O)(=O)NCC(=O)NCc1ccccc1OC. The third kappa shape index (κ3) is 5.58. The minimum Gasteiger partial charge on any atom is -0.496 e. The van der Waals surface area contributed by atoms with E-state index in [1.807, 2.05) is 18.2 Å². The van der Waals surface area contributed by atoms with Crippen molar-refractivity contribution in [1.82, 2.24) is 10.0 Å². The zero-order valence-corrected chi connectivity index (χ0v) is 12.5. The number of carbonyl (C=O) groups is 1. The Hall–Kier alpha value is -1.60. The summed E-state index contributed by atoms with van der Waals surface area (Å²) in [4.78, 5) is 11.6. The highest BCUT2D eigenvalue weighted by molar-refractivity contribution is 7.89. The molecule has 0 aromatic heterocycles. The van der Waals surface area contributed by atoms with Crippen molar-refractivity contribution in [3.05, 3.63) is 29.8 Å². The topological polar surface area (TPSA) is 84.5 Å². The summed E-state index contributed by atoms with van der Waals surface area (Å²) in [6.45, 7) is 1.80. The predicted molar refractivity (Wildman–Crippen MR) is 76.9 cm³/mol. The van der Waals surface area contributed by atoms with Gasteiger partial charge in [-0.1, -0.05) is 25.1 Å². The summed E-state index contributed by atoms with van der Waals surface area (Å²) in [5.74, 6) is 0.322. The number of para-hydroxylation sites is 1. The molecule has 7 heteroatoms. The van der Waals surface area contributed by atoms with Crippen molar-refractivity contribution in [3.63, 3.8) is 0 Å². The Morgan fingerprint density at radius 3 is 2.65 bits per heavy atom. The Morgan fingerprint density at radius 2 is 2.00 bits per heavy atom. The molecule has 0 aliphatic rings. The molecule has 0 spiro atoms. The number of rotatable bonds is 8. The summed E-state index contributed by atoms with van der Waals surface area (Å²) in [5.41, 5.74) is 0.833. The number of benzene rings is 1. The van der Waals surface area contributed by atoms with Gasteiger partial charge in [0.25, 0.3) is 0 Å². The fraction of sp³-hybridized carbons (Fsp3) is 0.462. The van der Waals surface area contributed by atoms with Gasteiger partial charge in [-0.3, -0.25) is 4.79 Å². The van der Waals surface area contributed by atoms with Crippen LogP contribution >= 0.6 is 0 Å². The Bertz CT molecular complexity index is 543. The van der Waals surface area contributed by atoms with Gasteiger partial charge >= 0.3 is 0 Å². The number of amides is 1. The molecule has 6 nitrogen and oxygen atoms in total. The van der Waals surface area contributed by atoms with E-state index in [9.17, 15) is 13.2 Å². The van der Waals surface area contributed by atoms with Gasteiger partial charge in [0.05, 0.1) is 19.4 Å². The highest BCUT2D eigenvalue weighted by Crippen LogP contribution is 2.16. The van der Waals surface area contributed by atoms with E-state index in [2.05, 4.69) is 10.0 Å². The van der Waals surface area contributed by atoms with Crippen molar-refractivity contribution in [2.75, 3.05) is 19.4 Å². The largest absolute Gasteiger partial charge is 0.496 e. The van der Waals surface area contributed by atoms with Gasteiger partial charge in [-0.15, -0.1) is 0 Å². The van der Waals surface area contributed by atoms with E-state index in [0.29, 0.717) is 18.7 Å². The standard InChI is InChI=1S/C13H20N2O4S/c1-3-8-20(17,18)15-10-13(16)14-9-11-6-4-5-7-12(11)19-2/h4-7,15H,3,8-10H2,1-2H3,(H,14,16). The van der Waals surface area contributed by atoms with E-state index in [1.54, 1.807) is 20.1 Å². The van der Waals surface area contributed by atoms with Crippen LogP contribution in [0.25, 0.3) is 0 Å². The lowest BCUT2D eigenvalue weighted by Crippen LogP contribution is -2.37.